The van der Waals surface area contributed by atoms with Gasteiger partial charge in [0.05, 0.1) is 6.61 Å². The first-order valence-corrected chi connectivity index (χ1v) is 14.8. The lowest BCUT2D eigenvalue weighted by Gasteiger charge is -2.31. The molecule has 5 rings (SSSR count). The minimum absolute atomic E-state index is 0.0766. The van der Waals surface area contributed by atoms with Gasteiger partial charge in [-0.05, 0) is 59.5 Å². The van der Waals surface area contributed by atoms with Crippen LogP contribution in [0.25, 0.3) is 0 Å². The molecule has 3 N–H and O–H groups in total. The van der Waals surface area contributed by atoms with Gasteiger partial charge >= 0.3 is 0 Å². The molecular formula is C34H34BrN3O4. The molecule has 7 nitrogen and oxygen atoms in total. The van der Waals surface area contributed by atoms with E-state index in [0.29, 0.717) is 37.6 Å². The van der Waals surface area contributed by atoms with Crippen molar-refractivity contribution in [3.05, 3.63) is 136 Å². The number of halogens is 1. The summed E-state index contributed by atoms with van der Waals surface area (Å²) in [5.41, 5.74) is 8.54. The van der Waals surface area contributed by atoms with Crippen molar-refractivity contribution in [2.24, 2.45) is 4.99 Å². The van der Waals surface area contributed by atoms with Gasteiger partial charge in [-0.1, -0.05) is 88.7 Å². The van der Waals surface area contributed by atoms with E-state index in [-0.39, 0.29) is 12.5 Å². The molecule has 2 atom stereocenters. The highest BCUT2D eigenvalue weighted by molar-refractivity contribution is 9.10. The summed E-state index contributed by atoms with van der Waals surface area (Å²) in [4.78, 5) is 19.3. The Bertz CT molecular complexity index is 1460. The van der Waals surface area contributed by atoms with E-state index in [1.807, 2.05) is 97.1 Å². The van der Waals surface area contributed by atoms with Crippen LogP contribution in [0.1, 0.15) is 34.8 Å². The topological polar surface area (TPSA) is 92.2 Å². The van der Waals surface area contributed by atoms with Crippen LogP contribution in [-0.4, -0.2) is 42.2 Å². The molecular weight excluding hydrogens is 594 g/mol. The van der Waals surface area contributed by atoms with E-state index in [1.54, 1.807) is 0 Å². The van der Waals surface area contributed by atoms with E-state index in [4.69, 9.17) is 19.6 Å². The summed E-state index contributed by atoms with van der Waals surface area (Å²) in [6.45, 7) is 1.07. The number of amides is 1. The zero-order valence-corrected chi connectivity index (χ0v) is 24.8. The van der Waals surface area contributed by atoms with Gasteiger partial charge in [0.15, 0.2) is 11.6 Å². The van der Waals surface area contributed by atoms with Crippen LogP contribution in [0.3, 0.4) is 0 Å². The highest BCUT2D eigenvalue weighted by Crippen LogP contribution is 2.42. The zero-order chi connectivity index (χ0) is 29.2. The first-order valence-electron chi connectivity index (χ1n) is 14.0. The molecule has 4 aromatic rings. The highest BCUT2D eigenvalue weighted by atomic mass is 79.9. The summed E-state index contributed by atoms with van der Waals surface area (Å²) in [6, 6.07) is 35.2. The third-order valence-electron chi connectivity index (χ3n) is 7.10. The molecule has 0 unspecified atom stereocenters. The number of ether oxygens (including phenoxy) is 2. The van der Waals surface area contributed by atoms with Crippen molar-refractivity contribution in [2.45, 2.75) is 30.9 Å². The van der Waals surface area contributed by atoms with Gasteiger partial charge < -0.3 is 14.6 Å². The fraction of sp³-hybridized carbons (Fsp3) is 0.235. The van der Waals surface area contributed by atoms with Gasteiger partial charge in [0.25, 0.3) is 5.91 Å². The van der Waals surface area contributed by atoms with Crippen molar-refractivity contribution in [1.29, 1.82) is 0 Å². The Morgan fingerprint density at radius 1 is 0.905 bits per heavy atom. The Morgan fingerprint density at radius 2 is 1.60 bits per heavy atom. The number of rotatable bonds is 13. The zero-order valence-electron chi connectivity index (χ0n) is 23.2. The summed E-state index contributed by atoms with van der Waals surface area (Å²) in [5, 5.41) is 9.03. The molecule has 0 bridgehead atoms. The van der Waals surface area contributed by atoms with E-state index in [0.717, 1.165) is 27.6 Å². The van der Waals surface area contributed by atoms with Gasteiger partial charge in [0.2, 0.25) is 5.90 Å². The SMILES string of the molecule is O=C(NNCCc1ccccc1)[C@@]1(Cc2ccc(Br)cc2)N=C(c2ccc(OCCCO)cc2)O[C@H]1c1ccccc1. The average Bonchev–Trinajstić information content (AvgIpc) is 3.42. The minimum atomic E-state index is -1.28. The number of aliphatic hydroxyl groups is 1. The minimum Gasteiger partial charge on any atom is -0.494 e. The molecule has 0 fully saturated rings. The van der Waals surface area contributed by atoms with Crippen molar-refractivity contribution in [1.82, 2.24) is 10.9 Å². The van der Waals surface area contributed by atoms with Crippen molar-refractivity contribution in [3.8, 4) is 5.75 Å². The standard InChI is InChI=1S/C34H34BrN3O4/c35-29-16-12-26(13-17-29)24-34(33(40)38-36-21-20-25-8-3-1-4-9-25)31(27-10-5-2-6-11-27)42-32(37-34)28-14-18-30(19-15-28)41-23-7-22-39/h1-6,8-19,31,36,39H,7,20-24H2,(H,38,40)/t31-,34-/m0/s1. The number of hydrogen-bond donors (Lipinski definition) is 3. The average molecular weight is 629 g/mol. The van der Waals surface area contributed by atoms with Gasteiger partial charge in [-0.15, -0.1) is 0 Å². The smallest absolute Gasteiger partial charge is 0.266 e. The van der Waals surface area contributed by atoms with Gasteiger partial charge in [-0.2, -0.15) is 0 Å². The quantitative estimate of drug-likeness (QED) is 0.133. The molecule has 4 aromatic carbocycles. The molecule has 0 aliphatic carbocycles. The monoisotopic (exact) mass is 627 g/mol. The first kappa shape index (κ1) is 29.5. The summed E-state index contributed by atoms with van der Waals surface area (Å²) < 4.78 is 13.2. The molecule has 1 aliphatic rings. The Hall–Kier alpha value is -3.98. The number of benzene rings is 4. The Morgan fingerprint density at radius 3 is 2.29 bits per heavy atom. The van der Waals surface area contributed by atoms with Crippen molar-refractivity contribution >= 4 is 27.7 Å². The second kappa shape index (κ2) is 14.3. The van der Waals surface area contributed by atoms with Crippen molar-refractivity contribution in [2.75, 3.05) is 19.8 Å². The van der Waals surface area contributed by atoms with Crippen LogP contribution in [-0.2, 0) is 22.4 Å². The second-order valence-electron chi connectivity index (χ2n) is 10.1. The van der Waals surface area contributed by atoms with Crippen LogP contribution >= 0.6 is 15.9 Å². The van der Waals surface area contributed by atoms with Gasteiger partial charge in [0.1, 0.15) is 5.75 Å². The molecule has 1 aliphatic heterocycles. The number of aliphatic imine (C=N–C) groups is 1. The summed E-state index contributed by atoms with van der Waals surface area (Å²) in [7, 11) is 0. The van der Waals surface area contributed by atoms with E-state index in [1.165, 1.54) is 5.56 Å². The Kier molecular flexibility index (Phi) is 10.0. The van der Waals surface area contributed by atoms with Crippen LogP contribution in [0.2, 0.25) is 0 Å². The number of aliphatic hydroxyl groups excluding tert-OH is 1. The molecule has 0 radical (unpaired) electrons. The summed E-state index contributed by atoms with van der Waals surface area (Å²) in [5.74, 6) is 0.806. The fourth-order valence-electron chi connectivity index (χ4n) is 4.93. The lowest BCUT2D eigenvalue weighted by Crippen LogP contribution is -2.54. The Balaban J connectivity index is 1.46. The predicted octanol–water partition coefficient (Wildman–Crippen LogP) is 5.57. The van der Waals surface area contributed by atoms with E-state index >= 15 is 0 Å². The van der Waals surface area contributed by atoms with Gasteiger partial charge in [0, 0.05) is 36.0 Å². The third kappa shape index (κ3) is 7.26. The van der Waals surface area contributed by atoms with Crippen LogP contribution in [0.4, 0.5) is 0 Å². The normalized spacial score (nSPS) is 17.8. The molecule has 216 valence electrons. The van der Waals surface area contributed by atoms with Gasteiger partial charge in [-0.3, -0.25) is 10.2 Å². The number of carbonyl (C=O) groups is 1. The molecule has 0 saturated carbocycles. The molecule has 1 amide bonds. The molecule has 0 aromatic heterocycles. The first-order chi connectivity index (χ1) is 20.6. The number of hydrazine groups is 1. The van der Waals surface area contributed by atoms with E-state index < -0.39 is 11.6 Å². The van der Waals surface area contributed by atoms with Crippen LogP contribution in [0, 0.1) is 0 Å². The molecule has 1 heterocycles. The number of carbonyl (C=O) groups excluding carboxylic acids is 1. The maximum absolute atomic E-state index is 14.2. The second-order valence-corrected chi connectivity index (χ2v) is 11.0. The third-order valence-corrected chi connectivity index (χ3v) is 7.63. The van der Waals surface area contributed by atoms with Crippen LogP contribution in [0.5, 0.6) is 5.75 Å². The van der Waals surface area contributed by atoms with Crippen molar-refractivity contribution in [3.63, 3.8) is 0 Å². The fourth-order valence-corrected chi connectivity index (χ4v) is 5.19. The summed E-state index contributed by atoms with van der Waals surface area (Å²) >= 11 is 3.51. The Labute approximate surface area is 254 Å². The lowest BCUT2D eigenvalue weighted by atomic mass is 9.82. The molecule has 42 heavy (non-hydrogen) atoms. The lowest BCUT2D eigenvalue weighted by molar-refractivity contribution is -0.130. The number of hydrogen-bond acceptors (Lipinski definition) is 6. The predicted molar refractivity (Wildman–Crippen MR) is 167 cm³/mol. The largest absolute Gasteiger partial charge is 0.494 e. The molecule has 0 saturated heterocycles. The highest BCUT2D eigenvalue weighted by Gasteiger charge is 2.53. The van der Waals surface area contributed by atoms with E-state index in [2.05, 4.69) is 38.9 Å². The number of nitrogens with one attached hydrogen (secondary N) is 2. The van der Waals surface area contributed by atoms with Gasteiger partial charge in [-0.25, -0.2) is 10.4 Å². The van der Waals surface area contributed by atoms with Crippen molar-refractivity contribution < 1.29 is 19.4 Å². The maximum atomic E-state index is 14.2. The maximum Gasteiger partial charge on any atom is 0.266 e. The van der Waals surface area contributed by atoms with E-state index in [9.17, 15) is 4.79 Å². The molecule has 8 heteroatoms. The summed E-state index contributed by atoms with van der Waals surface area (Å²) in [6.07, 6.45) is 0.996. The van der Waals surface area contributed by atoms with Crippen LogP contribution in [0.15, 0.2) is 119 Å². The van der Waals surface area contributed by atoms with Crippen LogP contribution < -0.4 is 15.6 Å². The molecule has 0 spiro atoms. The number of nitrogens with zero attached hydrogens (tertiary/aromatic N) is 1.